The van der Waals surface area contributed by atoms with Crippen LogP contribution in [-0.4, -0.2) is 19.9 Å². The van der Waals surface area contributed by atoms with Crippen LogP contribution < -0.4 is 11.0 Å². The normalized spacial score (nSPS) is 10.4. The van der Waals surface area contributed by atoms with E-state index < -0.39 is 38.0 Å². The predicted octanol–water partition coefficient (Wildman–Crippen LogP) is 0.410. The van der Waals surface area contributed by atoms with Gasteiger partial charge in [-0.2, -0.15) is 0 Å². The van der Waals surface area contributed by atoms with E-state index in [1.807, 2.05) is 4.98 Å². The summed E-state index contributed by atoms with van der Waals surface area (Å²) in [6.45, 7) is 0. The second-order valence-corrected chi connectivity index (χ2v) is 3.75. The second kappa shape index (κ2) is 4.42. The number of H-pyrrole nitrogens is 1. The van der Waals surface area contributed by atoms with Crippen molar-refractivity contribution in [2.45, 2.75) is 0 Å². The van der Waals surface area contributed by atoms with Gasteiger partial charge >= 0.3 is 11.4 Å². The van der Waals surface area contributed by atoms with Gasteiger partial charge in [0.1, 0.15) is 5.75 Å². The average molecular weight is 279 g/mol. The summed E-state index contributed by atoms with van der Waals surface area (Å²) in [5, 5.41) is 30.9. The number of aromatic nitrogens is 1. The lowest BCUT2D eigenvalue weighted by atomic mass is 10.2. The topological polar surface area (TPSA) is 156 Å². The van der Waals surface area contributed by atoms with Gasteiger partial charge in [-0.05, 0) is 0 Å². The first-order valence-electron chi connectivity index (χ1n) is 5.04. The van der Waals surface area contributed by atoms with Gasteiger partial charge in [-0.25, -0.2) is 0 Å². The minimum absolute atomic E-state index is 0.249. The zero-order valence-corrected chi connectivity index (χ0v) is 9.52. The number of benzene rings is 1. The molecule has 0 aliphatic carbocycles. The van der Waals surface area contributed by atoms with Crippen LogP contribution in [0.15, 0.2) is 27.8 Å². The number of hydrogen-bond donors (Lipinski definition) is 2. The lowest BCUT2D eigenvalue weighted by molar-refractivity contribution is -0.422. The Labute approximate surface area is 108 Å². The molecule has 0 saturated carbocycles. The third-order valence-corrected chi connectivity index (χ3v) is 2.52. The van der Waals surface area contributed by atoms with E-state index >= 15 is 0 Å². The van der Waals surface area contributed by atoms with Crippen LogP contribution in [0, 0.1) is 20.2 Å². The molecule has 1 aromatic carbocycles. The van der Waals surface area contributed by atoms with Crippen LogP contribution in [0.3, 0.4) is 0 Å². The van der Waals surface area contributed by atoms with Crippen LogP contribution in [0.4, 0.5) is 11.4 Å². The van der Waals surface area contributed by atoms with Gasteiger partial charge in [0.25, 0.3) is 5.56 Å². The van der Waals surface area contributed by atoms with Crippen molar-refractivity contribution >= 4 is 22.3 Å². The molecular weight excluding hydrogens is 274 g/mol. The fourth-order valence-corrected chi connectivity index (χ4v) is 1.64. The Morgan fingerprint density at radius 2 is 1.55 bits per heavy atom. The van der Waals surface area contributed by atoms with Crippen molar-refractivity contribution in [1.82, 2.24) is 4.98 Å². The molecule has 0 amide bonds. The fraction of sp³-hybridized carbons (Fsp3) is 0. The van der Waals surface area contributed by atoms with Crippen molar-refractivity contribution in [3.05, 3.63) is 59.0 Å². The number of hydrogen-bond acceptors (Lipinski definition) is 7. The molecule has 0 unspecified atom stereocenters. The summed E-state index contributed by atoms with van der Waals surface area (Å²) in [5.41, 5.74) is -4.18. The highest BCUT2D eigenvalue weighted by Crippen LogP contribution is 2.33. The number of nitrogens with one attached hydrogen (secondary N) is 1. The van der Waals surface area contributed by atoms with Crippen LogP contribution in [0.25, 0.3) is 10.9 Å². The molecule has 1 heterocycles. The Balaban J connectivity index is 3.07. The Kier molecular flexibility index (Phi) is 2.90. The Bertz CT molecular complexity index is 871. The van der Waals surface area contributed by atoms with Gasteiger partial charge in [0, 0.05) is 23.6 Å². The van der Waals surface area contributed by atoms with Gasteiger partial charge in [0.05, 0.1) is 15.4 Å². The van der Waals surface area contributed by atoms with Crippen LogP contribution in [0.1, 0.15) is 0 Å². The molecule has 0 aliphatic heterocycles. The third-order valence-electron chi connectivity index (χ3n) is 2.52. The van der Waals surface area contributed by atoms with Crippen LogP contribution in [-0.2, 0) is 0 Å². The van der Waals surface area contributed by atoms with Gasteiger partial charge < -0.3 is 10.1 Å². The molecule has 10 nitrogen and oxygen atoms in total. The lowest BCUT2D eigenvalue weighted by Gasteiger charge is -1.98. The quantitative estimate of drug-likeness (QED) is 0.457. The second-order valence-electron chi connectivity index (χ2n) is 3.75. The van der Waals surface area contributed by atoms with E-state index in [1.165, 1.54) is 0 Å². The maximum absolute atomic E-state index is 11.3. The third kappa shape index (κ3) is 2.05. The monoisotopic (exact) mass is 279 g/mol. The van der Waals surface area contributed by atoms with Gasteiger partial charge in [0.2, 0.25) is 5.43 Å². The maximum atomic E-state index is 11.3. The highest BCUT2D eigenvalue weighted by molar-refractivity contribution is 5.89. The Hall–Kier alpha value is -3.30. The largest absolute Gasteiger partial charge is 0.507 e. The number of fused-ring (bicyclic) bond motifs is 1. The summed E-state index contributed by atoms with van der Waals surface area (Å²) in [6, 6.07) is 2.02. The SMILES string of the molecule is O=c1cc(O)c2cc([N+](=O)[O-])c([N+](=O)[O-])cc2[nH]c1=O. The van der Waals surface area contributed by atoms with E-state index in [4.69, 9.17) is 0 Å². The fourth-order valence-electron chi connectivity index (χ4n) is 1.64. The minimum Gasteiger partial charge on any atom is -0.507 e. The van der Waals surface area contributed by atoms with Gasteiger partial charge in [0.15, 0.2) is 0 Å². The summed E-state index contributed by atoms with van der Waals surface area (Å²) < 4.78 is 0. The van der Waals surface area contributed by atoms with Gasteiger partial charge in [-0.15, -0.1) is 0 Å². The average Bonchev–Trinajstić information content (AvgIpc) is 2.46. The lowest BCUT2D eigenvalue weighted by Crippen LogP contribution is -2.22. The molecule has 102 valence electrons. The molecular formula is C10H5N3O7. The summed E-state index contributed by atoms with van der Waals surface area (Å²) in [7, 11) is 0. The van der Waals surface area contributed by atoms with E-state index in [9.17, 15) is 34.9 Å². The molecule has 0 fully saturated rings. The molecule has 0 aliphatic rings. The van der Waals surface area contributed by atoms with Crippen LogP contribution in [0.5, 0.6) is 5.75 Å². The molecule has 0 spiro atoms. The number of nitro groups is 2. The molecule has 2 N–H and O–H groups in total. The first-order valence-corrected chi connectivity index (χ1v) is 5.04. The predicted molar refractivity (Wildman–Crippen MR) is 65.8 cm³/mol. The number of aromatic amines is 1. The zero-order chi connectivity index (χ0) is 15.0. The van der Waals surface area contributed by atoms with E-state index in [-0.39, 0.29) is 10.9 Å². The van der Waals surface area contributed by atoms with Crippen molar-refractivity contribution in [3.63, 3.8) is 0 Å². The molecule has 0 radical (unpaired) electrons. The smallest absolute Gasteiger partial charge is 0.348 e. The first kappa shape index (κ1) is 13.1. The van der Waals surface area contributed by atoms with Crippen molar-refractivity contribution < 1.29 is 15.0 Å². The van der Waals surface area contributed by atoms with Crippen molar-refractivity contribution in [2.24, 2.45) is 0 Å². The minimum atomic E-state index is -1.11. The highest BCUT2D eigenvalue weighted by Gasteiger charge is 2.25. The highest BCUT2D eigenvalue weighted by atomic mass is 16.6. The number of nitrogens with zero attached hydrogens (tertiary/aromatic N) is 2. The summed E-state index contributed by atoms with van der Waals surface area (Å²) in [6.07, 6.45) is 0. The number of rotatable bonds is 2. The molecule has 1 aromatic heterocycles. The Morgan fingerprint density at radius 3 is 2.10 bits per heavy atom. The molecule has 20 heavy (non-hydrogen) atoms. The van der Waals surface area contributed by atoms with E-state index in [0.29, 0.717) is 12.1 Å². The van der Waals surface area contributed by atoms with Crippen molar-refractivity contribution in [1.29, 1.82) is 0 Å². The van der Waals surface area contributed by atoms with E-state index in [2.05, 4.69) is 0 Å². The molecule has 2 aromatic rings. The number of nitro benzene ring substituents is 2. The number of aromatic hydroxyl groups is 1. The Morgan fingerprint density at radius 1 is 1.00 bits per heavy atom. The van der Waals surface area contributed by atoms with Crippen LogP contribution >= 0.6 is 0 Å². The molecule has 0 saturated heterocycles. The molecule has 2 rings (SSSR count). The summed E-state index contributed by atoms with van der Waals surface area (Å²) >= 11 is 0. The molecule has 10 heteroatoms. The summed E-state index contributed by atoms with van der Waals surface area (Å²) in [4.78, 5) is 44.1. The maximum Gasteiger partial charge on any atom is 0.348 e. The molecule has 0 bridgehead atoms. The molecule has 0 atom stereocenters. The standard InChI is InChI=1S/C10H5N3O7/c14-8-3-9(15)10(16)11-5-2-7(13(19)20)6(12(17)18)1-4(5)8/h1-3,14H,(H,11,15,16). The van der Waals surface area contributed by atoms with Gasteiger partial charge in [-0.1, -0.05) is 0 Å². The van der Waals surface area contributed by atoms with Crippen molar-refractivity contribution in [2.75, 3.05) is 0 Å². The summed E-state index contributed by atoms with van der Waals surface area (Å²) in [5.74, 6) is -0.693. The van der Waals surface area contributed by atoms with Crippen molar-refractivity contribution in [3.8, 4) is 5.75 Å². The first-order chi connectivity index (χ1) is 9.31. The van der Waals surface area contributed by atoms with Crippen LogP contribution in [0.2, 0.25) is 0 Å². The van der Waals surface area contributed by atoms with E-state index in [1.54, 1.807) is 0 Å². The zero-order valence-electron chi connectivity index (χ0n) is 9.52. The van der Waals surface area contributed by atoms with E-state index in [0.717, 1.165) is 6.07 Å². The van der Waals surface area contributed by atoms with Gasteiger partial charge in [-0.3, -0.25) is 29.8 Å².